The van der Waals surface area contributed by atoms with E-state index in [0.717, 1.165) is 16.3 Å². The third kappa shape index (κ3) is 5.13. The van der Waals surface area contributed by atoms with Crippen LogP contribution in [-0.4, -0.2) is 26.5 Å². The second kappa shape index (κ2) is 8.78. The van der Waals surface area contributed by atoms with Gasteiger partial charge in [0.15, 0.2) is 0 Å². The van der Waals surface area contributed by atoms with E-state index in [4.69, 9.17) is 0 Å². The number of non-ortho nitro benzene ring substituents is 1. The molecule has 3 aromatic rings. The number of nitrogens with one attached hydrogen (secondary N) is 2. The fourth-order valence-corrected chi connectivity index (χ4v) is 2.55. The number of carbonyl (C=O) groups excluding carboxylic acids is 2. The van der Waals surface area contributed by atoms with Crippen LogP contribution < -0.4 is 16.2 Å². The molecule has 0 aliphatic carbocycles. The van der Waals surface area contributed by atoms with E-state index in [2.05, 4.69) is 15.7 Å². The molecule has 152 valence electrons. The molecule has 0 bridgehead atoms. The van der Waals surface area contributed by atoms with Crippen molar-refractivity contribution in [3.8, 4) is 0 Å². The van der Waals surface area contributed by atoms with E-state index >= 15 is 0 Å². The van der Waals surface area contributed by atoms with Crippen LogP contribution in [0.25, 0.3) is 0 Å². The fourth-order valence-electron chi connectivity index (χ4n) is 2.55. The van der Waals surface area contributed by atoms with Crippen LogP contribution in [0.2, 0.25) is 0 Å². The number of carbonyl (C=O) groups is 2. The molecule has 0 spiro atoms. The topological polar surface area (TPSA) is 136 Å². The van der Waals surface area contributed by atoms with Gasteiger partial charge >= 0.3 is 0 Å². The van der Waals surface area contributed by atoms with Crippen molar-refractivity contribution in [2.24, 2.45) is 0 Å². The number of hydrogen-bond acceptors (Lipinski definition) is 6. The number of hydrogen-bond donors (Lipinski definition) is 2. The zero-order valence-electron chi connectivity index (χ0n) is 15.9. The van der Waals surface area contributed by atoms with Crippen molar-refractivity contribution in [1.82, 2.24) is 9.78 Å². The molecule has 0 saturated heterocycles. The summed E-state index contributed by atoms with van der Waals surface area (Å²) in [5.41, 5.74) is 1.01. The van der Waals surface area contributed by atoms with Crippen LogP contribution in [0, 0.1) is 17.0 Å². The molecule has 2 N–H and O–H groups in total. The van der Waals surface area contributed by atoms with E-state index in [1.807, 2.05) is 19.1 Å². The lowest BCUT2D eigenvalue weighted by Gasteiger charge is -2.09. The molecule has 2 amide bonds. The lowest BCUT2D eigenvalue weighted by Crippen LogP contribution is -2.31. The first-order chi connectivity index (χ1) is 14.3. The summed E-state index contributed by atoms with van der Waals surface area (Å²) in [6.45, 7) is 1.45. The molecule has 0 unspecified atom stereocenters. The molecule has 30 heavy (non-hydrogen) atoms. The molecule has 10 heteroatoms. The highest BCUT2D eigenvalue weighted by Crippen LogP contribution is 2.17. The summed E-state index contributed by atoms with van der Waals surface area (Å²) in [6.07, 6.45) is 0. The van der Waals surface area contributed by atoms with E-state index in [1.54, 1.807) is 12.1 Å². The minimum atomic E-state index is -0.624. The van der Waals surface area contributed by atoms with Gasteiger partial charge in [0.1, 0.15) is 12.2 Å². The van der Waals surface area contributed by atoms with Crippen LogP contribution in [0.15, 0.2) is 65.5 Å². The van der Waals surface area contributed by atoms with Gasteiger partial charge in [-0.25, -0.2) is 4.68 Å². The van der Waals surface area contributed by atoms with Crippen molar-refractivity contribution in [1.29, 1.82) is 0 Å². The Kier molecular flexibility index (Phi) is 5.97. The third-order valence-electron chi connectivity index (χ3n) is 4.04. The minimum Gasteiger partial charge on any atom is -0.324 e. The number of nitrogens with zero attached hydrogens (tertiary/aromatic N) is 3. The van der Waals surface area contributed by atoms with E-state index in [0.29, 0.717) is 5.69 Å². The van der Waals surface area contributed by atoms with Gasteiger partial charge in [0.25, 0.3) is 17.2 Å². The van der Waals surface area contributed by atoms with E-state index in [9.17, 15) is 24.5 Å². The third-order valence-corrected chi connectivity index (χ3v) is 4.04. The first-order valence-electron chi connectivity index (χ1n) is 8.82. The lowest BCUT2D eigenvalue weighted by molar-refractivity contribution is -0.384. The van der Waals surface area contributed by atoms with Gasteiger partial charge in [-0.1, -0.05) is 23.8 Å². The maximum Gasteiger partial charge on any atom is 0.276 e. The lowest BCUT2D eigenvalue weighted by atomic mass is 10.2. The molecule has 1 aromatic heterocycles. The average molecular weight is 407 g/mol. The summed E-state index contributed by atoms with van der Waals surface area (Å²) in [4.78, 5) is 46.9. The second-order valence-corrected chi connectivity index (χ2v) is 6.39. The van der Waals surface area contributed by atoms with Gasteiger partial charge < -0.3 is 10.6 Å². The molecule has 0 saturated carbocycles. The van der Waals surface area contributed by atoms with Crippen molar-refractivity contribution < 1.29 is 14.5 Å². The molecular formula is C20H17N5O5. The Bertz CT molecular complexity index is 1170. The average Bonchev–Trinajstić information content (AvgIpc) is 2.71. The zero-order valence-corrected chi connectivity index (χ0v) is 15.9. The summed E-state index contributed by atoms with van der Waals surface area (Å²) in [7, 11) is 0. The largest absolute Gasteiger partial charge is 0.324 e. The number of aryl methyl sites for hydroxylation is 1. The number of anilines is 2. The normalized spacial score (nSPS) is 10.3. The molecule has 0 fully saturated rings. The first kappa shape index (κ1) is 20.4. The van der Waals surface area contributed by atoms with Crippen LogP contribution in [-0.2, 0) is 11.3 Å². The maximum absolute atomic E-state index is 12.4. The second-order valence-electron chi connectivity index (χ2n) is 6.39. The first-order valence-corrected chi connectivity index (χ1v) is 8.82. The maximum atomic E-state index is 12.4. The van der Waals surface area contributed by atoms with Gasteiger partial charge in [0, 0.05) is 29.6 Å². The molecule has 0 radical (unpaired) electrons. The number of amides is 2. The SMILES string of the molecule is Cc1ccc(NC(=O)c2ccc(=O)n(CC(=O)Nc3cccc([N+](=O)[O-])c3)n2)cc1. The standard InChI is InChI=1S/C20H17N5O5/c1-13-5-7-14(8-6-13)22-20(28)17-9-10-19(27)24(23-17)12-18(26)21-15-3-2-4-16(11-15)25(29)30/h2-11H,12H2,1H3,(H,21,26)(H,22,28). The summed E-state index contributed by atoms with van der Waals surface area (Å²) < 4.78 is 0.844. The van der Waals surface area contributed by atoms with Crippen molar-refractivity contribution in [3.05, 3.63) is 92.4 Å². The minimum absolute atomic E-state index is 0.0432. The highest BCUT2D eigenvalue weighted by Gasteiger charge is 2.13. The molecule has 2 aromatic carbocycles. The van der Waals surface area contributed by atoms with Crippen LogP contribution in [0.1, 0.15) is 16.1 Å². The van der Waals surface area contributed by atoms with Gasteiger partial charge in [0.2, 0.25) is 5.91 Å². The smallest absolute Gasteiger partial charge is 0.276 e. The Morgan fingerprint density at radius 1 is 1.03 bits per heavy atom. The Morgan fingerprint density at radius 3 is 2.47 bits per heavy atom. The summed E-state index contributed by atoms with van der Waals surface area (Å²) in [5.74, 6) is -1.16. The molecule has 0 aliphatic rings. The van der Waals surface area contributed by atoms with Crippen LogP contribution in [0.3, 0.4) is 0 Å². The molecular weight excluding hydrogens is 390 g/mol. The number of rotatable bonds is 6. The Morgan fingerprint density at radius 2 is 1.77 bits per heavy atom. The monoisotopic (exact) mass is 407 g/mol. The van der Waals surface area contributed by atoms with Gasteiger partial charge in [-0.2, -0.15) is 5.10 Å². The predicted octanol–water partition coefficient (Wildman–Crippen LogP) is 2.35. The van der Waals surface area contributed by atoms with E-state index in [-0.39, 0.29) is 17.1 Å². The van der Waals surface area contributed by atoms with Crippen molar-refractivity contribution >= 4 is 28.9 Å². The molecule has 0 aliphatic heterocycles. The van der Waals surface area contributed by atoms with Crippen LogP contribution in [0.4, 0.5) is 17.1 Å². The Labute approximate surface area is 170 Å². The molecule has 10 nitrogen and oxygen atoms in total. The van der Waals surface area contributed by atoms with Crippen molar-refractivity contribution in [2.45, 2.75) is 13.5 Å². The summed E-state index contributed by atoms with van der Waals surface area (Å²) >= 11 is 0. The number of aromatic nitrogens is 2. The highest BCUT2D eigenvalue weighted by molar-refractivity contribution is 6.02. The van der Waals surface area contributed by atoms with Crippen molar-refractivity contribution in [3.63, 3.8) is 0 Å². The quantitative estimate of drug-likeness (QED) is 0.475. The Balaban J connectivity index is 1.71. The fraction of sp³-hybridized carbons (Fsp3) is 0.100. The molecule has 1 heterocycles. The van der Waals surface area contributed by atoms with E-state index < -0.39 is 28.8 Å². The van der Waals surface area contributed by atoms with E-state index in [1.165, 1.54) is 30.3 Å². The number of benzene rings is 2. The van der Waals surface area contributed by atoms with Gasteiger partial charge in [-0.15, -0.1) is 0 Å². The van der Waals surface area contributed by atoms with Crippen LogP contribution in [0.5, 0.6) is 0 Å². The zero-order chi connectivity index (χ0) is 21.7. The van der Waals surface area contributed by atoms with Crippen LogP contribution >= 0.6 is 0 Å². The number of nitro benzene ring substituents is 1. The predicted molar refractivity (Wildman–Crippen MR) is 109 cm³/mol. The number of nitro groups is 1. The summed E-state index contributed by atoms with van der Waals surface area (Å²) in [6, 6.07) is 14.9. The molecule has 0 atom stereocenters. The summed E-state index contributed by atoms with van der Waals surface area (Å²) in [5, 5.41) is 19.9. The Hall–Kier alpha value is -4.34. The highest BCUT2D eigenvalue weighted by atomic mass is 16.6. The van der Waals surface area contributed by atoms with Crippen molar-refractivity contribution in [2.75, 3.05) is 10.6 Å². The van der Waals surface area contributed by atoms with Gasteiger partial charge in [0.05, 0.1) is 4.92 Å². The van der Waals surface area contributed by atoms with Gasteiger partial charge in [-0.05, 0) is 31.2 Å². The van der Waals surface area contributed by atoms with Gasteiger partial charge in [-0.3, -0.25) is 24.5 Å². The molecule has 3 rings (SSSR count).